The lowest BCUT2D eigenvalue weighted by molar-refractivity contribution is 0.670. The van der Waals surface area contributed by atoms with Gasteiger partial charge in [-0.3, -0.25) is 4.57 Å². The number of rotatable bonds is 5. The molecule has 0 radical (unpaired) electrons. The van der Waals surface area contributed by atoms with Crippen LogP contribution in [0.3, 0.4) is 0 Å². The van der Waals surface area contributed by atoms with E-state index in [9.17, 15) is 0 Å². The Kier molecular flexibility index (Phi) is 6.01. The predicted octanol–water partition coefficient (Wildman–Crippen LogP) is 13.1. The first-order valence-corrected chi connectivity index (χ1v) is 17.1. The van der Waals surface area contributed by atoms with E-state index in [-0.39, 0.29) is 11.8 Å². The van der Waals surface area contributed by atoms with E-state index >= 15 is 0 Å². The number of aryl methyl sites for hydroxylation is 1. The third kappa shape index (κ3) is 4.60. The van der Waals surface area contributed by atoms with Crippen molar-refractivity contribution in [1.82, 2.24) is 9.55 Å². The van der Waals surface area contributed by atoms with E-state index in [4.69, 9.17) is 13.5 Å². The summed E-state index contributed by atoms with van der Waals surface area (Å²) in [6.07, 6.45) is 0. The maximum atomic E-state index is 8.28. The van der Waals surface area contributed by atoms with Crippen LogP contribution in [0.4, 0.5) is 0 Å². The molecule has 0 saturated heterocycles. The maximum absolute atomic E-state index is 8.28. The van der Waals surface area contributed by atoms with Gasteiger partial charge in [-0.15, -0.1) is 0 Å². The molecule has 0 amide bonds. The summed E-state index contributed by atoms with van der Waals surface area (Å²) in [7, 11) is 0. The molecule has 9 aromatic rings. The average molecular weight is 638 g/mol. The van der Waals surface area contributed by atoms with Crippen molar-refractivity contribution in [2.45, 2.75) is 46.4 Å². The van der Waals surface area contributed by atoms with Crippen LogP contribution in [-0.4, -0.2) is 9.55 Å². The van der Waals surface area contributed by atoms with Gasteiger partial charge < -0.3 is 4.42 Å². The molecule has 0 aliphatic rings. The summed E-state index contributed by atoms with van der Waals surface area (Å²) in [5, 5.41) is 5.48. The van der Waals surface area contributed by atoms with Crippen LogP contribution in [0.1, 0.15) is 60.3 Å². The zero-order valence-corrected chi connectivity index (χ0v) is 28.1. The Morgan fingerprint density at radius 2 is 1.31 bits per heavy atom. The molecule has 2 heterocycles. The van der Waals surface area contributed by atoms with Crippen LogP contribution in [0.15, 0.2) is 132 Å². The lowest BCUT2D eigenvalue weighted by atomic mass is 9.88. The van der Waals surface area contributed by atoms with Gasteiger partial charge in [-0.2, -0.15) is 0 Å². The second-order valence-corrected chi connectivity index (χ2v) is 13.8. The van der Waals surface area contributed by atoms with Gasteiger partial charge >= 0.3 is 0 Å². The van der Waals surface area contributed by atoms with Gasteiger partial charge in [-0.25, -0.2) is 4.98 Å². The van der Waals surface area contributed by atoms with Gasteiger partial charge in [0, 0.05) is 14.9 Å². The lowest BCUT2D eigenvalue weighted by Crippen LogP contribution is -2.09. The fourth-order valence-electron chi connectivity index (χ4n) is 7.62. The van der Waals surface area contributed by atoms with Crippen LogP contribution in [0.2, 0.25) is 0 Å². The molecular weight excluding hydrogens is 597 g/mol. The molecular formula is C46H38N2O. The fraction of sp³-hybridized carbons (Fsp3) is 0.152. The molecule has 3 nitrogen and oxygen atoms in total. The van der Waals surface area contributed by atoms with Gasteiger partial charge in [0.1, 0.15) is 17.0 Å². The number of nitrogens with zero attached hydrogens (tertiary/aromatic N) is 2. The van der Waals surface area contributed by atoms with E-state index in [1.54, 1.807) is 6.07 Å². The highest BCUT2D eigenvalue weighted by atomic mass is 16.3. The van der Waals surface area contributed by atoms with Gasteiger partial charge in [0.2, 0.25) is 0 Å². The van der Waals surface area contributed by atoms with Crippen molar-refractivity contribution in [1.29, 1.82) is 0 Å². The third-order valence-electron chi connectivity index (χ3n) is 10.0. The van der Waals surface area contributed by atoms with Crippen molar-refractivity contribution in [3.05, 3.63) is 144 Å². The second-order valence-electron chi connectivity index (χ2n) is 13.8. The van der Waals surface area contributed by atoms with Crippen molar-refractivity contribution in [3.8, 4) is 28.2 Å². The Morgan fingerprint density at radius 1 is 0.612 bits per heavy atom. The molecule has 0 atom stereocenters. The largest absolute Gasteiger partial charge is 0.455 e. The monoisotopic (exact) mass is 637 g/mol. The predicted molar refractivity (Wildman–Crippen MR) is 207 cm³/mol. The van der Waals surface area contributed by atoms with Crippen molar-refractivity contribution in [3.63, 3.8) is 0 Å². The Hall–Kier alpha value is -5.67. The third-order valence-corrected chi connectivity index (χ3v) is 10.0. The van der Waals surface area contributed by atoms with Gasteiger partial charge in [-0.1, -0.05) is 113 Å². The van der Waals surface area contributed by atoms with Crippen molar-refractivity contribution in [2.75, 3.05) is 0 Å². The quantitative estimate of drug-likeness (QED) is 0.176. The molecule has 9 rings (SSSR count). The van der Waals surface area contributed by atoms with Crippen molar-refractivity contribution in [2.24, 2.45) is 0 Å². The van der Waals surface area contributed by atoms with E-state index < -0.39 is 6.85 Å². The lowest BCUT2D eigenvalue weighted by Gasteiger charge is -2.24. The van der Waals surface area contributed by atoms with Crippen LogP contribution in [-0.2, 0) is 0 Å². The molecule has 0 unspecified atom stereocenters. The van der Waals surface area contributed by atoms with Crippen LogP contribution in [0, 0.1) is 6.85 Å². The molecule has 2 aromatic heterocycles. The van der Waals surface area contributed by atoms with E-state index in [2.05, 4.69) is 117 Å². The minimum Gasteiger partial charge on any atom is -0.455 e. The highest BCUT2D eigenvalue weighted by Crippen LogP contribution is 2.43. The Labute approximate surface area is 290 Å². The van der Waals surface area contributed by atoms with E-state index in [1.165, 1.54) is 22.3 Å². The van der Waals surface area contributed by atoms with E-state index in [0.717, 1.165) is 66.0 Å². The van der Waals surface area contributed by atoms with Crippen molar-refractivity contribution < 1.29 is 8.53 Å². The van der Waals surface area contributed by atoms with E-state index in [0.29, 0.717) is 11.1 Å². The normalized spacial score (nSPS) is 13.3. The summed E-state index contributed by atoms with van der Waals surface area (Å²) in [6.45, 7) is 6.82. The molecule has 7 aromatic carbocycles. The number of furan rings is 1. The van der Waals surface area contributed by atoms with Gasteiger partial charge in [-0.05, 0) is 111 Å². The first-order chi connectivity index (χ1) is 25.1. The Balaban J connectivity index is 1.35. The molecule has 0 aliphatic heterocycles. The molecule has 0 N–H and O–H groups in total. The van der Waals surface area contributed by atoms with Crippen LogP contribution in [0.5, 0.6) is 0 Å². The standard InChI is InChI=1S/C46H38N2O/c1-27(2)37-23-31(30-14-7-6-8-15-30)24-38(28(3)4)44(37)48-42-21-12-11-20-41(42)47-46(48)36-19-13-18-35-40-26-39-32(25-43(40)49-45(35)36)22-29(5)33-16-9-10-17-34(33)39/h6-28H,1-5H3/i5D3. The Morgan fingerprint density at radius 3 is 2.06 bits per heavy atom. The smallest absolute Gasteiger partial charge is 0.149 e. The summed E-state index contributed by atoms with van der Waals surface area (Å²) in [5.74, 6) is 1.31. The fourth-order valence-corrected chi connectivity index (χ4v) is 7.62. The molecule has 0 fully saturated rings. The molecule has 49 heavy (non-hydrogen) atoms. The zero-order valence-electron chi connectivity index (χ0n) is 31.1. The van der Waals surface area contributed by atoms with Crippen LogP contribution < -0.4 is 0 Å². The topological polar surface area (TPSA) is 31.0 Å². The molecule has 238 valence electrons. The first kappa shape index (κ1) is 26.3. The summed E-state index contributed by atoms with van der Waals surface area (Å²) in [6, 6.07) is 43.7. The summed E-state index contributed by atoms with van der Waals surface area (Å²) >= 11 is 0. The first-order valence-electron chi connectivity index (χ1n) is 18.6. The average Bonchev–Trinajstić information content (AvgIpc) is 3.71. The second kappa shape index (κ2) is 11.2. The SMILES string of the molecule is [2H]C([2H])([2H])c1cc2cc3oc4c(-c5nc6ccccc6n5-c5c(C(C)C)cc(-c6ccccc6)cc5C(C)C)cccc4c3cc2c2ccccc12. The van der Waals surface area contributed by atoms with Crippen LogP contribution >= 0.6 is 0 Å². The highest BCUT2D eigenvalue weighted by Gasteiger charge is 2.25. The number of benzene rings is 7. The van der Waals surface area contributed by atoms with Gasteiger partial charge in [0.05, 0.1) is 22.3 Å². The summed E-state index contributed by atoms with van der Waals surface area (Å²) < 4.78 is 34.0. The highest BCUT2D eigenvalue weighted by molar-refractivity contribution is 6.18. The zero-order chi connectivity index (χ0) is 35.9. The number of hydrogen-bond donors (Lipinski definition) is 0. The molecule has 0 aliphatic carbocycles. The Bertz CT molecular complexity index is 2810. The minimum atomic E-state index is -2.24. The van der Waals surface area contributed by atoms with Crippen molar-refractivity contribution >= 4 is 54.5 Å². The summed E-state index contributed by atoms with van der Waals surface area (Å²) in [5.41, 5.74) is 10.8. The number of aromatic nitrogens is 2. The minimum absolute atomic E-state index is 0.245. The molecule has 0 saturated carbocycles. The number of fused-ring (bicyclic) bond motifs is 7. The van der Waals surface area contributed by atoms with Gasteiger partial charge in [0.25, 0.3) is 0 Å². The van der Waals surface area contributed by atoms with E-state index in [1.807, 2.05) is 36.4 Å². The molecule has 0 bridgehead atoms. The molecule has 3 heteroatoms. The molecule has 0 spiro atoms. The maximum Gasteiger partial charge on any atom is 0.149 e. The van der Waals surface area contributed by atoms with Crippen LogP contribution in [0.25, 0.3) is 82.7 Å². The van der Waals surface area contributed by atoms with Gasteiger partial charge in [0.15, 0.2) is 0 Å². The number of para-hydroxylation sites is 3. The number of imidazole rings is 1. The number of hydrogen-bond acceptors (Lipinski definition) is 2. The summed E-state index contributed by atoms with van der Waals surface area (Å²) in [4.78, 5) is 5.34.